The van der Waals surface area contributed by atoms with E-state index in [1.165, 1.54) is 23.3 Å². The maximum atomic E-state index is 12.6. The number of thiazole rings is 1. The molecule has 0 saturated heterocycles. The average molecular weight is 473 g/mol. The lowest BCUT2D eigenvalue weighted by Gasteiger charge is -2.33. The summed E-state index contributed by atoms with van der Waals surface area (Å²) in [5.41, 5.74) is 2.89. The molecule has 166 valence electrons. The highest BCUT2D eigenvalue weighted by Gasteiger charge is 2.34. The van der Waals surface area contributed by atoms with Crippen LogP contribution in [0.25, 0.3) is 21.8 Å². The second-order valence-electron chi connectivity index (χ2n) is 7.09. The molecule has 4 rings (SSSR count). The fraction of sp³-hybridized carbons (Fsp3) is 0.261. The minimum atomic E-state index is -0.814. The molecular formula is C23H21ClN2O5S. The number of anilines is 1. The Hall–Kier alpha value is -2.94. The first kappa shape index (κ1) is 22.3. The third-order valence-electron chi connectivity index (χ3n) is 5.00. The monoisotopic (exact) mass is 472 g/mol. The molecule has 9 heteroatoms. The summed E-state index contributed by atoms with van der Waals surface area (Å²) >= 11 is 7.79. The van der Waals surface area contributed by atoms with Gasteiger partial charge in [0.15, 0.2) is 6.61 Å². The Balaban J connectivity index is 1.64. The zero-order valence-corrected chi connectivity index (χ0v) is 19.1. The van der Waals surface area contributed by atoms with Gasteiger partial charge in [0.1, 0.15) is 23.4 Å². The number of methoxy groups -OCH3 is 1. The summed E-state index contributed by atoms with van der Waals surface area (Å²) in [6, 6.07) is 12.2. The number of halogens is 1. The van der Waals surface area contributed by atoms with Crippen molar-refractivity contribution in [3.63, 3.8) is 0 Å². The summed E-state index contributed by atoms with van der Waals surface area (Å²) in [7, 11) is 1.52. The summed E-state index contributed by atoms with van der Waals surface area (Å²) in [4.78, 5) is 31.3. The molecule has 0 fully saturated rings. The van der Waals surface area contributed by atoms with Gasteiger partial charge < -0.3 is 14.2 Å². The Morgan fingerprint density at radius 3 is 2.88 bits per heavy atom. The van der Waals surface area contributed by atoms with Crippen molar-refractivity contribution in [1.29, 1.82) is 0 Å². The minimum Gasteiger partial charge on any atom is -0.482 e. The molecule has 3 aromatic rings. The van der Waals surface area contributed by atoms with Crippen LogP contribution in [-0.2, 0) is 19.1 Å². The van der Waals surface area contributed by atoms with Crippen molar-refractivity contribution in [3.05, 3.63) is 52.9 Å². The normalized spacial score (nSPS) is 14.0. The quantitative estimate of drug-likeness (QED) is 0.374. The standard InChI is InChI=1S/C23H21ClN2O5S/c1-14(23(28)30-10-9-29-2)26-19-11-15(7-8-20(19)31-12-21(26)27)18-13-32-22(25-18)16-5-3-4-6-17(16)24/h3-8,11,13-14H,9-10,12H2,1-2H3. The van der Waals surface area contributed by atoms with Crippen LogP contribution in [0.1, 0.15) is 6.92 Å². The van der Waals surface area contributed by atoms with E-state index in [-0.39, 0.29) is 25.7 Å². The number of ether oxygens (including phenoxy) is 3. The van der Waals surface area contributed by atoms with Gasteiger partial charge in [0, 0.05) is 23.6 Å². The van der Waals surface area contributed by atoms with Gasteiger partial charge in [-0.3, -0.25) is 9.69 Å². The van der Waals surface area contributed by atoms with Crippen molar-refractivity contribution in [3.8, 4) is 27.6 Å². The van der Waals surface area contributed by atoms with Crippen LogP contribution in [-0.4, -0.2) is 49.8 Å². The van der Waals surface area contributed by atoms with E-state index in [9.17, 15) is 9.59 Å². The maximum Gasteiger partial charge on any atom is 0.329 e. The number of rotatable bonds is 7. The highest BCUT2D eigenvalue weighted by molar-refractivity contribution is 7.13. The third-order valence-corrected chi connectivity index (χ3v) is 6.21. The number of nitrogens with zero attached hydrogens (tertiary/aromatic N) is 2. The molecule has 1 unspecified atom stereocenters. The molecular weight excluding hydrogens is 452 g/mol. The molecule has 0 spiro atoms. The van der Waals surface area contributed by atoms with E-state index in [4.69, 9.17) is 30.8 Å². The van der Waals surface area contributed by atoms with Gasteiger partial charge in [-0.05, 0) is 31.2 Å². The Bertz CT molecular complexity index is 1150. The fourth-order valence-corrected chi connectivity index (χ4v) is 4.52. The lowest BCUT2D eigenvalue weighted by Crippen LogP contribution is -2.48. The lowest BCUT2D eigenvalue weighted by atomic mass is 10.1. The number of benzene rings is 2. The molecule has 2 aromatic carbocycles. The summed E-state index contributed by atoms with van der Waals surface area (Å²) in [5.74, 6) is -0.310. The molecule has 7 nitrogen and oxygen atoms in total. The van der Waals surface area contributed by atoms with E-state index in [0.717, 1.165) is 21.8 Å². The smallest absolute Gasteiger partial charge is 0.329 e. The van der Waals surface area contributed by atoms with Crippen LogP contribution in [0.2, 0.25) is 5.02 Å². The van der Waals surface area contributed by atoms with Crippen LogP contribution in [0.4, 0.5) is 5.69 Å². The second kappa shape index (κ2) is 9.68. The predicted octanol–water partition coefficient (Wildman–Crippen LogP) is 4.43. The number of hydrogen-bond acceptors (Lipinski definition) is 7. The van der Waals surface area contributed by atoms with E-state index in [0.29, 0.717) is 16.5 Å². The van der Waals surface area contributed by atoms with Gasteiger partial charge in [-0.15, -0.1) is 11.3 Å². The van der Waals surface area contributed by atoms with Crippen LogP contribution in [0, 0.1) is 0 Å². The molecule has 0 radical (unpaired) electrons. The molecule has 0 saturated carbocycles. The molecule has 1 aliphatic rings. The van der Waals surface area contributed by atoms with Gasteiger partial charge >= 0.3 is 5.97 Å². The Morgan fingerprint density at radius 2 is 2.09 bits per heavy atom. The van der Waals surface area contributed by atoms with Crippen LogP contribution >= 0.6 is 22.9 Å². The fourth-order valence-electron chi connectivity index (χ4n) is 3.37. The van der Waals surface area contributed by atoms with Gasteiger partial charge in [-0.1, -0.05) is 29.8 Å². The summed E-state index contributed by atoms with van der Waals surface area (Å²) in [6.45, 7) is 1.89. The van der Waals surface area contributed by atoms with Gasteiger partial charge in [-0.25, -0.2) is 9.78 Å². The highest BCUT2D eigenvalue weighted by atomic mass is 35.5. The zero-order chi connectivity index (χ0) is 22.7. The van der Waals surface area contributed by atoms with E-state index >= 15 is 0 Å². The van der Waals surface area contributed by atoms with Crippen LogP contribution in [0.5, 0.6) is 5.75 Å². The number of fused-ring (bicyclic) bond motifs is 1. The number of aromatic nitrogens is 1. The molecule has 2 heterocycles. The zero-order valence-electron chi connectivity index (χ0n) is 17.5. The first-order valence-electron chi connectivity index (χ1n) is 9.95. The largest absolute Gasteiger partial charge is 0.482 e. The first-order valence-corrected chi connectivity index (χ1v) is 11.2. The number of carbonyl (C=O) groups is 2. The SMILES string of the molecule is COCCOC(=O)C(C)N1C(=O)COc2ccc(-c3csc(-c4ccccc4Cl)n3)cc21. The Morgan fingerprint density at radius 1 is 1.28 bits per heavy atom. The summed E-state index contributed by atoms with van der Waals surface area (Å²) in [5, 5.41) is 3.35. The van der Waals surface area contributed by atoms with Gasteiger partial charge in [0.25, 0.3) is 5.91 Å². The van der Waals surface area contributed by atoms with Crippen molar-refractivity contribution in [2.24, 2.45) is 0 Å². The Kier molecular flexibility index (Phi) is 6.74. The van der Waals surface area contributed by atoms with Gasteiger partial charge in [0.2, 0.25) is 0 Å². The molecule has 1 atom stereocenters. The number of carbonyl (C=O) groups excluding carboxylic acids is 2. The molecule has 1 aliphatic heterocycles. The Labute approximate surface area is 194 Å². The number of esters is 1. The van der Waals surface area contributed by atoms with Crippen molar-refractivity contribution >= 4 is 40.5 Å². The summed E-state index contributed by atoms with van der Waals surface area (Å²) in [6.07, 6.45) is 0. The summed E-state index contributed by atoms with van der Waals surface area (Å²) < 4.78 is 15.7. The molecule has 0 bridgehead atoms. The van der Waals surface area contributed by atoms with Gasteiger partial charge in [-0.2, -0.15) is 0 Å². The average Bonchev–Trinajstić information content (AvgIpc) is 3.28. The van der Waals surface area contributed by atoms with Crippen molar-refractivity contribution in [2.45, 2.75) is 13.0 Å². The predicted molar refractivity (Wildman–Crippen MR) is 123 cm³/mol. The molecule has 0 aliphatic carbocycles. The van der Waals surface area contributed by atoms with E-state index in [1.54, 1.807) is 19.1 Å². The van der Waals surface area contributed by atoms with E-state index in [1.807, 2.05) is 35.7 Å². The van der Waals surface area contributed by atoms with Crippen LogP contribution in [0.15, 0.2) is 47.8 Å². The van der Waals surface area contributed by atoms with E-state index < -0.39 is 12.0 Å². The number of hydrogen-bond donors (Lipinski definition) is 0. The van der Waals surface area contributed by atoms with Crippen molar-refractivity contribution in [2.75, 3.05) is 31.8 Å². The number of amides is 1. The third kappa shape index (κ3) is 4.48. The lowest BCUT2D eigenvalue weighted by molar-refractivity contribution is -0.147. The topological polar surface area (TPSA) is 78.0 Å². The van der Waals surface area contributed by atoms with E-state index in [2.05, 4.69) is 0 Å². The molecule has 0 N–H and O–H groups in total. The molecule has 32 heavy (non-hydrogen) atoms. The van der Waals surface area contributed by atoms with Crippen molar-refractivity contribution < 1.29 is 23.8 Å². The minimum absolute atomic E-state index is 0.120. The van der Waals surface area contributed by atoms with Gasteiger partial charge in [0.05, 0.1) is 23.0 Å². The second-order valence-corrected chi connectivity index (χ2v) is 8.35. The van der Waals surface area contributed by atoms with Crippen LogP contribution < -0.4 is 9.64 Å². The molecule has 1 amide bonds. The first-order chi connectivity index (χ1) is 15.5. The van der Waals surface area contributed by atoms with Crippen molar-refractivity contribution in [1.82, 2.24) is 4.98 Å². The molecule has 1 aromatic heterocycles. The van der Waals surface area contributed by atoms with Crippen LogP contribution in [0.3, 0.4) is 0 Å². The maximum absolute atomic E-state index is 12.6. The highest BCUT2D eigenvalue weighted by Crippen LogP contribution is 2.39.